The molecule has 2 nitrogen and oxygen atoms in total. The summed E-state index contributed by atoms with van der Waals surface area (Å²) in [4.78, 5) is 0. The molecule has 1 aliphatic carbocycles. The third-order valence-electron chi connectivity index (χ3n) is 3.47. The Kier molecular flexibility index (Phi) is 2.37. The summed E-state index contributed by atoms with van der Waals surface area (Å²) in [7, 11) is 0. The summed E-state index contributed by atoms with van der Waals surface area (Å²) in [5, 5.41) is 7.41. The lowest BCUT2D eigenvalue weighted by Gasteiger charge is -2.43. The van der Waals surface area contributed by atoms with Crippen LogP contribution in [0.4, 0.5) is 0 Å². The zero-order chi connectivity index (χ0) is 8.55. The Bertz CT molecular complexity index is 140. The van der Waals surface area contributed by atoms with Crippen molar-refractivity contribution >= 4 is 0 Å². The highest BCUT2D eigenvalue weighted by atomic mass is 15.1. The van der Waals surface area contributed by atoms with E-state index in [1.807, 2.05) is 0 Å². The minimum Gasteiger partial charge on any atom is -0.308 e. The SMILES string of the molecule is C[C@@H]1N[C@H]2CCCC[C@@H]2N[C@@H]1C. The highest BCUT2D eigenvalue weighted by Gasteiger charge is 2.32. The molecule has 4 atom stereocenters. The molecule has 0 radical (unpaired) electrons. The van der Waals surface area contributed by atoms with Crippen molar-refractivity contribution in [3.05, 3.63) is 0 Å². The van der Waals surface area contributed by atoms with Crippen LogP contribution in [0.2, 0.25) is 0 Å². The minimum atomic E-state index is 0.643. The number of fused-ring (bicyclic) bond motifs is 1. The van der Waals surface area contributed by atoms with Gasteiger partial charge in [0.15, 0.2) is 0 Å². The second-order valence-corrected chi connectivity index (χ2v) is 4.41. The van der Waals surface area contributed by atoms with Crippen LogP contribution in [0.15, 0.2) is 0 Å². The number of piperazine rings is 1. The first kappa shape index (κ1) is 8.52. The maximum absolute atomic E-state index is 3.71. The van der Waals surface area contributed by atoms with Gasteiger partial charge in [0.1, 0.15) is 0 Å². The van der Waals surface area contributed by atoms with Gasteiger partial charge in [-0.25, -0.2) is 0 Å². The lowest BCUT2D eigenvalue weighted by atomic mass is 9.86. The van der Waals surface area contributed by atoms with Crippen molar-refractivity contribution in [1.82, 2.24) is 10.6 Å². The maximum atomic E-state index is 3.71. The quantitative estimate of drug-likeness (QED) is 0.569. The van der Waals surface area contributed by atoms with Gasteiger partial charge in [-0.3, -0.25) is 0 Å². The van der Waals surface area contributed by atoms with Gasteiger partial charge in [0.25, 0.3) is 0 Å². The van der Waals surface area contributed by atoms with Crippen molar-refractivity contribution in [3.63, 3.8) is 0 Å². The van der Waals surface area contributed by atoms with Crippen LogP contribution in [-0.4, -0.2) is 24.2 Å². The number of rotatable bonds is 0. The molecule has 2 aliphatic rings. The van der Waals surface area contributed by atoms with Gasteiger partial charge < -0.3 is 10.6 Å². The van der Waals surface area contributed by atoms with Crippen molar-refractivity contribution in [1.29, 1.82) is 0 Å². The molecule has 2 heteroatoms. The van der Waals surface area contributed by atoms with Crippen LogP contribution < -0.4 is 10.6 Å². The molecular formula is C10H20N2. The first-order valence-electron chi connectivity index (χ1n) is 5.29. The molecule has 1 saturated heterocycles. The van der Waals surface area contributed by atoms with Crippen LogP contribution >= 0.6 is 0 Å². The monoisotopic (exact) mass is 168 g/mol. The first-order chi connectivity index (χ1) is 5.77. The molecular weight excluding hydrogens is 148 g/mol. The van der Waals surface area contributed by atoms with Gasteiger partial charge in [0.2, 0.25) is 0 Å². The first-order valence-corrected chi connectivity index (χ1v) is 5.29. The van der Waals surface area contributed by atoms with Crippen LogP contribution in [-0.2, 0) is 0 Å². The highest BCUT2D eigenvalue weighted by molar-refractivity contribution is 4.96. The molecule has 0 bridgehead atoms. The fraction of sp³-hybridized carbons (Fsp3) is 1.00. The van der Waals surface area contributed by atoms with Crippen LogP contribution in [0, 0.1) is 0 Å². The van der Waals surface area contributed by atoms with Crippen LogP contribution in [0.25, 0.3) is 0 Å². The summed E-state index contributed by atoms with van der Waals surface area (Å²) in [6.45, 7) is 4.56. The van der Waals surface area contributed by atoms with E-state index in [0.29, 0.717) is 12.1 Å². The predicted octanol–water partition coefficient (Wildman–Crippen LogP) is 1.27. The summed E-state index contributed by atoms with van der Waals surface area (Å²) >= 11 is 0. The van der Waals surface area contributed by atoms with Crippen LogP contribution in [0.3, 0.4) is 0 Å². The van der Waals surface area contributed by atoms with Gasteiger partial charge in [-0.05, 0) is 26.7 Å². The predicted molar refractivity (Wildman–Crippen MR) is 51.2 cm³/mol. The summed E-state index contributed by atoms with van der Waals surface area (Å²) in [6.07, 6.45) is 5.57. The second-order valence-electron chi connectivity index (χ2n) is 4.41. The Labute approximate surface area is 75.1 Å². The van der Waals surface area contributed by atoms with Crippen molar-refractivity contribution in [3.8, 4) is 0 Å². The van der Waals surface area contributed by atoms with Gasteiger partial charge in [0, 0.05) is 24.2 Å². The zero-order valence-corrected chi connectivity index (χ0v) is 8.14. The van der Waals surface area contributed by atoms with Crippen LogP contribution in [0.5, 0.6) is 0 Å². The summed E-state index contributed by atoms with van der Waals surface area (Å²) in [6, 6.07) is 2.79. The molecule has 1 aliphatic heterocycles. The third-order valence-corrected chi connectivity index (χ3v) is 3.47. The molecule has 2 N–H and O–H groups in total. The van der Waals surface area contributed by atoms with Gasteiger partial charge in [-0.2, -0.15) is 0 Å². The Morgan fingerprint density at radius 1 is 0.833 bits per heavy atom. The molecule has 1 saturated carbocycles. The lowest BCUT2D eigenvalue weighted by Crippen LogP contribution is -2.64. The highest BCUT2D eigenvalue weighted by Crippen LogP contribution is 2.22. The molecule has 12 heavy (non-hydrogen) atoms. The van der Waals surface area contributed by atoms with Gasteiger partial charge in [0.05, 0.1) is 0 Å². The fourth-order valence-electron chi connectivity index (χ4n) is 2.49. The molecule has 1 heterocycles. The van der Waals surface area contributed by atoms with E-state index in [1.165, 1.54) is 25.7 Å². The van der Waals surface area contributed by atoms with E-state index in [2.05, 4.69) is 24.5 Å². The molecule has 0 aromatic rings. The zero-order valence-electron chi connectivity index (χ0n) is 8.14. The number of nitrogens with one attached hydrogen (secondary N) is 2. The van der Waals surface area contributed by atoms with E-state index in [1.54, 1.807) is 0 Å². The van der Waals surface area contributed by atoms with E-state index >= 15 is 0 Å². The molecule has 0 unspecified atom stereocenters. The summed E-state index contributed by atoms with van der Waals surface area (Å²) < 4.78 is 0. The molecule has 0 aromatic heterocycles. The van der Waals surface area contributed by atoms with Crippen molar-refractivity contribution in [2.45, 2.75) is 63.7 Å². The summed E-state index contributed by atoms with van der Waals surface area (Å²) in [5.74, 6) is 0. The Morgan fingerprint density at radius 3 is 1.67 bits per heavy atom. The van der Waals surface area contributed by atoms with Gasteiger partial charge in [-0.1, -0.05) is 12.8 Å². The molecule has 70 valence electrons. The topological polar surface area (TPSA) is 24.1 Å². The average Bonchev–Trinajstić information content (AvgIpc) is 2.07. The number of hydrogen-bond donors (Lipinski definition) is 2. The van der Waals surface area contributed by atoms with E-state index in [4.69, 9.17) is 0 Å². The number of hydrogen-bond acceptors (Lipinski definition) is 2. The van der Waals surface area contributed by atoms with Crippen molar-refractivity contribution < 1.29 is 0 Å². The average molecular weight is 168 g/mol. The van der Waals surface area contributed by atoms with E-state index in [0.717, 1.165) is 12.1 Å². The smallest absolute Gasteiger partial charge is 0.0224 e. The Balaban J connectivity index is 1.98. The maximum Gasteiger partial charge on any atom is 0.0224 e. The Morgan fingerprint density at radius 2 is 1.25 bits per heavy atom. The summed E-state index contributed by atoms with van der Waals surface area (Å²) in [5.41, 5.74) is 0. The lowest BCUT2D eigenvalue weighted by molar-refractivity contribution is 0.183. The standard InChI is InChI=1S/C10H20N2/c1-7-8(2)12-10-6-4-3-5-9(10)11-7/h7-12H,3-6H2,1-2H3/t7-,8+,9-,10-/m0/s1. The third kappa shape index (κ3) is 1.50. The Hall–Kier alpha value is -0.0800. The second kappa shape index (κ2) is 3.35. The fourth-order valence-corrected chi connectivity index (χ4v) is 2.49. The van der Waals surface area contributed by atoms with Gasteiger partial charge >= 0.3 is 0 Å². The molecule has 2 rings (SSSR count). The van der Waals surface area contributed by atoms with E-state index in [-0.39, 0.29) is 0 Å². The minimum absolute atomic E-state index is 0.643. The normalized spacial score (nSPS) is 48.5. The van der Waals surface area contributed by atoms with E-state index < -0.39 is 0 Å². The van der Waals surface area contributed by atoms with Gasteiger partial charge in [-0.15, -0.1) is 0 Å². The van der Waals surface area contributed by atoms with Crippen LogP contribution in [0.1, 0.15) is 39.5 Å². The molecule has 0 spiro atoms. The molecule has 0 amide bonds. The largest absolute Gasteiger partial charge is 0.308 e. The van der Waals surface area contributed by atoms with Crippen molar-refractivity contribution in [2.24, 2.45) is 0 Å². The van der Waals surface area contributed by atoms with Crippen molar-refractivity contribution in [2.75, 3.05) is 0 Å². The molecule has 2 fully saturated rings. The molecule has 0 aromatic carbocycles. The van der Waals surface area contributed by atoms with E-state index in [9.17, 15) is 0 Å².